The van der Waals surface area contributed by atoms with Gasteiger partial charge in [0.05, 0.1) is 18.8 Å². The van der Waals surface area contributed by atoms with Crippen LogP contribution in [0.15, 0.2) is 0 Å². The lowest BCUT2D eigenvalue weighted by molar-refractivity contribution is -0.145. The highest BCUT2D eigenvalue weighted by atomic mass is 16.6. The third kappa shape index (κ3) is 4.28. The van der Waals surface area contributed by atoms with Crippen LogP contribution in [0.3, 0.4) is 0 Å². The zero-order valence-corrected chi connectivity index (χ0v) is 10.3. The average Bonchev–Trinajstić information content (AvgIpc) is 3.10. The van der Waals surface area contributed by atoms with Crippen LogP contribution in [0.2, 0.25) is 0 Å². The van der Waals surface area contributed by atoms with Gasteiger partial charge in [-0.1, -0.05) is 6.42 Å². The lowest BCUT2D eigenvalue weighted by Gasteiger charge is -2.18. The first-order valence-electron chi connectivity index (χ1n) is 6.71. The van der Waals surface area contributed by atoms with Crippen LogP contribution in [0.25, 0.3) is 0 Å². The maximum Gasteiger partial charge on any atom is 0.305 e. The van der Waals surface area contributed by atoms with E-state index in [0.717, 1.165) is 38.5 Å². The minimum Gasteiger partial charge on any atom is -0.465 e. The van der Waals surface area contributed by atoms with Crippen LogP contribution >= 0.6 is 0 Å². The van der Waals surface area contributed by atoms with Crippen LogP contribution in [0.1, 0.15) is 44.9 Å². The van der Waals surface area contributed by atoms with Crippen molar-refractivity contribution in [2.24, 2.45) is 5.92 Å². The third-order valence-electron chi connectivity index (χ3n) is 3.63. The molecule has 4 nitrogen and oxygen atoms in total. The number of carbonyl (C=O) groups excluding carboxylic acids is 1. The quantitative estimate of drug-likeness (QED) is 0.419. The lowest BCUT2D eigenvalue weighted by Crippen LogP contribution is -2.20. The van der Waals surface area contributed by atoms with Gasteiger partial charge in [0.1, 0.15) is 0 Å². The molecule has 1 saturated carbocycles. The highest BCUT2D eigenvalue weighted by Crippen LogP contribution is 2.39. The fourth-order valence-electron chi connectivity index (χ4n) is 2.48. The number of unbranched alkanes of at least 4 members (excludes halogenated alkanes) is 2. The predicted octanol–water partition coefficient (Wildman–Crippen LogP) is 1.65. The number of aliphatic hydroxyl groups is 1. The molecule has 98 valence electrons. The Hall–Kier alpha value is -0.610. The predicted molar refractivity (Wildman–Crippen MR) is 62.5 cm³/mol. The average molecular weight is 242 g/mol. The van der Waals surface area contributed by atoms with Gasteiger partial charge in [-0.3, -0.25) is 4.79 Å². The van der Waals surface area contributed by atoms with E-state index < -0.39 is 0 Å². The van der Waals surface area contributed by atoms with Crippen molar-refractivity contribution in [3.63, 3.8) is 0 Å². The monoisotopic (exact) mass is 242 g/mol. The van der Waals surface area contributed by atoms with Crippen molar-refractivity contribution in [2.45, 2.75) is 57.2 Å². The minimum atomic E-state index is -0.0956. The summed E-state index contributed by atoms with van der Waals surface area (Å²) >= 11 is 0. The molecule has 2 fully saturated rings. The Kier molecular flexibility index (Phi) is 4.80. The van der Waals surface area contributed by atoms with E-state index in [1.165, 1.54) is 0 Å². The summed E-state index contributed by atoms with van der Waals surface area (Å²) in [5, 5.41) is 8.61. The molecular formula is C13H22O4. The van der Waals surface area contributed by atoms with E-state index in [4.69, 9.17) is 14.6 Å². The molecule has 0 aromatic heterocycles. The second-order valence-corrected chi connectivity index (χ2v) is 5.11. The summed E-state index contributed by atoms with van der Waals surface area (Å²) in [7, 11) is 0. The van der Waals surface area contributed by atoms with Crippen molar-refractivity contribution in [3.8, 4) is 0 Å². The van der Waals surface area contributed by atoms with Gasteiger partial charge in [-0.2, -0.15) is 0 Å². The third-order valence-corrected chi connectivity index (χ3v) is 3.63. The molecule has 1 aliphatic carbocycles. The number of hydrogen-bond donors (Lipinski definition) is 1. The molecule has 1 aliphatic heterocycles. The van der Waals surface area contributed by atoms with E-state index in [2.05, 4.69) is 0 Å². The zero-order valence-electron chi connectivity index (χ0n) is 10.3. The van der Waals surface area contributed by atoms with Crippen LogP contribution in [0.5, 0.6) is 0 Å². The fourth-order valence-corrected chi connectivity index (χ4v) is 2.48. The molecule has 1 heterocycles. The molecule has 3 unspecified atom stereocenters. The van der Waals surface area contributed by atoms with Crippen molar-refractivity contribution in [1.82, 2.24) is 0 Å². The van der Waals surface area contributed by atoms with Crippen molar-refractivity contribution in [3.05, 3.63) is 0 Å². The number of rotatable bonds is 7. The zero-order chi connectivity index (χ0) is 12.1. The molecular weight excluding hydrogens is 220 g/mol. The van der Waals surface area contributed by atoms with Crippen LogP contribution in [0.4, 0.5) is 0 Å². The number of ether oxygens (including phenoxy) is 2. The van der Waals surface area contributed by atoms with Gasteiger partial charge in [-0.05, 0) is 38.0 Å². The molecule has 2 rings (SSSR count). The maximum absolute atomic E-state index is 11.4. The minimum absolute atomic E-state index is 0.0956. The van der Waals surface area contributed by atoms with Crippen molar-refractivity contribution < 1.29 is 19.4 Å². The smallest absolute Gasteiger partial charge is 0.305 e. The Bertz CT molecular complexity index is 254. The summed E-state index contributed by atoms with van der Waals surface area (Å²) in [6.07, 6.45) is 7.25. The molecule has 0 aromatic rings. The summed E-state index contributed by atoms with van der Waals surface area (Å²) in [5.74, 6) is 0.405. The van der Waals surface area contributed by atoms with Crippen LogP contribution in [-0.4, -0.2) is 36.5 Å². The Morgan fingerprint density at radius 1 is 1.24 bits per heavy atom. The Labute approximate surface area is 102 Å². The molecule has 0 amide bonds. The van der Waals surface area contributed by atoms with Crippen molar-refractivity contribution in [2.75, 3.05) is 13.2 Å². The molecule has 3 atom stereocenters. The summed E-state index contributed by atoms with van der Waals surface area (Å²) in [4.78, 5) is 11.4. The Balaban J connectivity index is 1.50. The summed E-state index contributed by atoms with van der Waals surface area (Å²) in [6.45, 7) is 0.769. The number of epoxide rings is 1. The van der Waals surface area contributed by atoms with Gasteiger partial charge >= 0.3 is 5.97 Å². The fraction of sp³-hybridized carbons (Fsp3) is 0.923. The van der Waals surface area contributed by atoms with E-state index in [-0.39, 0.29) is 12.6 Å². The Morgan fingerprint density at radius 3 is 2.88 bits per heavy atom. The van der Waals surface area contributed by atoms with E-state index in [9.17, 15) is 4.79 Å². The summed E-state index contributed by atoms with van der Waals surface area (Å²) in [5.41, 5.74) is 0. The summed E-state index contributed by atoms with van der Waals surface area (Å²) < 4.78 is 10.7. The van der Waals surface area contributed by atoms with E-state index in [1.807, 2.05) is 0 Å². The number of fused-ring (bicyclic) bond motifs is 1. The van der Waals surface area contributed by atoms with Gasteiger partial charge in [0.2, 0.25) is 0 Å². The van der Waals surface area contributed by atoms with Crippen LogP contribution in [-0.2, 0) is 14.3 Å². The molecule has 0 bridgehead atoms. The van der Waals surface area contributed by atoms with Gasteiger partial charge in [0, 0.05) is 13.0 Å². The Morgan fingerprint density at radius 2 is 2.12 bits per heavy atom. The van der Waals surface area contributed by atoms with Crippen LogP contribution in [0, 0.1) is 5.92 Å². The molecule has 2 aliphatic rings. The van der Waals surface area contributed by atoms with Crippen LogP contribution < -0.4 is 0 Å². The van der Waals surface area contributed by atoms with E-state index >= 15 is 0 Å². The van der Waals surface area contributed by atoms with Gasteiger partial charge in [0.15, 0.2) is 0 Å². The summed E-state index contributed by atoms with van der Waals surface area (Å²) in [6, 6.07) is 0. The first-order chi connectivity index (χ1) is 8.29. The van der Waals surface area contributed by atoms with E-state index in [1.54, 1.807) is 0 Å². The molecule has 0 spiro atoms. The first-order valence-corrected chi connectivity index (χ1v) is 6.71. The largest absolute Gasteiger partial charge is 0.465 e. The SMILES string of the molecule is O=C(CCCCCO)OCC1CCC2OC2C1. The van der Waals surface area contributed by atoms with Gasteiger partial charge < -0.3 is 14.6 Å². The second kappa shape index (κ2) is 6.36. The molecule has 4 heteroatoms. The van der Waals surface area contributed by atoms with Crippen molar-refractivity contribution >= 4 is 5.97 Å². The van der Waals surface area contributed by atoms with E-state index in [0.29, 0.717) is 31.2 Å². The standard InChI is InChI=1S/C13H22O4/c14-7-3-1-2-4-13(15)16-9-10-5-6-11-12(8-10)17-11/h10-12,14H,1-9H2. The van der Waals surface area contributed by atoms with Gasteiger partial charge in [-0.25, -0.2) is 0 Å². The molecule has 1 N–H and O–H groups in total. The second-order valence-electron chi connectivity index (χ2n) is 5.11. The van der Waals surface area contributed by atoms with Gasteiger partial charge in [0.25, 0.3) is 0 Å². The normalized spacial score (nSPS) is 30.8. The maximum atomic E-state index is 11.4. The number of esters is 1. The number of hydrogen-bond acceptors (Lipinski definition) is 4. The topological polar surface area (TPSA) is 59.1 Å². The number of aliphatic hydroxyl groups excluding tert-OH is 1. The highest BCUT2D eigenvalue weighted by Gasteiger charge is 2.43. The molecule has 0 aromatic carbocycles. The lowest BCUT2D eigenvalue weighted by atomic mass is 9.90. The molecule has 0 radical (unpaired) electrons. The first kappa shape index (κ1) is 12.8. The van der Waals surface area contributed by atoms with Crippen molar-refractivity contribution in [1.29, 1.82) is 0 Å². The molecule has 17 heavy (non-hydrogen) atoms. The molecule has 1 saturated heterocycles. The number of carbonyl (C=O) groups is 1. The van der Waals surface area contributed by atoms with Gasteiger partial charge in [-0.15, -0.1) is 0 Å². The highest BCUT2D eigenvalue weighted by molar-refractivity contribution is 5.69.